The zero-order chi connectivity index (χ0) is 13.1. The molecule has 0 bridgehead atoms. The third kappa shape index (κ3) is 2.88. The van der Waals surface area contributed by atoms with E-state index >= 15 is 0 Å². The summed E-state index contributed by atoms with van der Waals surface area (Å²) in [7, 11) is 0. The minimum Gasteiger partial charge on any atom is -0.478 e. The van der Waals surface area contributed by atoms with Crippen molar-refractivity contribution in [2.45, 2.75) is 13.5 Å². The van der Waals surface area contributed by atoms with Gasteiger partial charge in [0.25, 0.3) is 0 Å². The summed E-state index contributed by atoms with van der Waals surface area (Å²) in [5.74, 6) is -0.945. The van der Waals surface area contributed by atoms with Gasteiger partial charge in [0.15, 0.2) is 0 Å². The number of hydrogen-bond donors (Lipinski definition) is 2. The van der Waals surface area contributed by atoms with Crippen molar-refractivity contribution in [3.05, 3.63) is 45.6 Å². The number of carboxylic acid groups (broad SMARTS) is 1. The molecule has 4 nitrogen and oxygen atoms in total. The highest BCUT2D eigenvalue weighted by Crippen LogP contribution is 2.25. The Labute approximate surface area is 117 Å². The molecule has 1 heterocycles. The van der Waals surface area contributed by atoms with Gasteiger partial charge in [-0.25, -0.2) is 4.79 Å². The van der Waals surface area contributed by atoms with E-state index in [4.69, 9.17) is 5.11 Å². The van der Waals surface area contributed by atoms with Gasteiger partial charge in [0.05, 0.1) is 5.69 Å². The molecule has 0 amide bonds. The van der Waals surface area contributed by atoms with E-state index in [1.807, 2.05) is 24.3 Å². The molecule has 0 fully saturated rings. The van der Waals surface area contributed by atoms with Gasteiger partial charge in [-0.2, -0.15) is 4.37 Å². The largest absolute Gasteiger partial charge is 0.478 e. The van der Waals surface area contributed by atoms with Crippen LogP contribution in [0.1, 0.15) is 21.6 Å². The Morgan fingerprint density at radius 2 is 2.11 bits per heavy atom. The molecular weight excluding hydrogens is 316 g/mol. The number of carbonyl (C=O) groups is 1. The number of halogens is 1. The fraction of sp³-hybridized carbons (Fsp3) is 0.167. The Bertz CT molecular complexity index is 566. The molecule has 18 heavy (non-hydrogen) atoms. The molecule has 0 spiro atoms. The number of nitrogens with zero attached hydrogens (tertiary/aromatic N) is 1. The predicted molar refractivity (Wildman–Crippen MR) is 75.3 cm³/mol. The van der Waals surface area contributed by atoms with Gasteiger partial charge >= 0.3 is 5.97 Å². The first-order valence-corrected chi connectivity index (χ1v) is 6.82. The van der Waals surface area contributed by atoms with E-state index in [2.05, 4.69) is 25.6 Å². The second kappa shape index (κ2) is 5.49. The highest BCUT2D eigenvalue weighted by molar-refractivity contribution is 9.10. The maximum atomic E-state index is 11.1. The molecule has 1 aromatic heterocycles. The lowest BCUT2D eigenvalue weighted by Gasteiger charge is -2.05. The maximum absolute atomic E-state index is 11.1. The molecule has 0 unspecified atom stereocenters. The fourth-order valence-corrected chi connectivity index (χ4v) is 2.57. The molecular formula is C12H11BrN2O2S. The van der Waals surface area contributed by atoms with Crippen molar-refractivity contribution >= 4 is 38.4 Å². The van der Waals surface area contributed by atoms with Crippen LogP contribution in [-0.4, -0.2) is 15.4 Å². The Hall–Kier alpha value is -1.40. The smallest absolute Gasteiger partial charge is 0.340 e. The topological polar surface area (TPSA) is 62.2 Å². The third-order valence-corrected chi connectivity index (χ3v) is 3.87. The quantitative estimate of drug-likeness (QED) is 0.902. The van der Waals surface area contributed by atoms with Gasteiger partial charge in [-0.1, -0.05) is 28.1 Å². The summed E-state index contributed by atoms with van der Waals surface area (Å²) in [6.07, 6.45) is 0. The highest BCUT2D eigenvalue weighted by atomic mass is 79.9. The summed E-state index contributed by atoms with van der Waals surface area (Å²) < 4.78 is 5.07. The zero-order valence-corrected chi connectivity index (χ0v) is 12.0. The van der Waals surface area contributed by atoms with Gasteiger partial charge in [-0.15, -0.1) is 0 Å². The molecule has 2 rings (SSSR count). The molecule has 2 aromatic rings. The maximum Gasteiger partial charge on any atom is 0.340 e. The molecule has 6 heteroatoms. The van der Waals surface area contributed by atoms with Crippen LogP contribution < -0.4 is 5.32 Å². The van der Waals surface area contributed by atoms with Gasteiger partial charge in [0.2, 0.25) is 0 Å². The van der Waals surface area contributed by atoms with Gasteiger partial charge in [0.1, 0.15) is 10.6 Å². The predicted octanol–water partition coefficient (Wildman–Crippen LogP) is 3.52. The standard InChI is InChI=1S/C12H11BrN2O2S/c1-7-10(12(16)17)11(18-15-7)14-6-8-2-4-9(13)5-3-8/h2-5,14H,6H2,1H3,(H,16,17). The normalized spacial score (nSPS) is 10.3. The fourth-order valence-electron chi connectivity index (χ4n) is 1.53. The molecule has 2 N–H and O–H groups in total. The van der Waals surface area contributed by atoms with Crippen molar-refractivity contribution in [3.8, 4) is 0 Å². The van der Waals surface area contributed by atoms with Gasteiger partial charge < -0.3 is 10.4 Å². The molecule has 0 saturated carbocycles. The van der Waals surface area contributed by atoms with Crippen LogP contribution in [0.4, 0.5) is 5.00 Å². The summed E-state index contributed by atoms with van der Waals surface area (Å²) in [5, 5.41) is 12.8. The van der Waals surface area contributed by atoms with E-state index in [0.29, 0.717) is 17.2 Å². The van der Waals surface area contributed by atoms with Crippen LogP contribution in [0.15, 0.2) is 28.7 Å². The van der Waals surface area contributed by atoms with E-state index < -0.39 is 5.97 Å². The number of aromatic nitrogens is 1. The first-order valence-electron chi connectivity index (χ1n) is 5.26. The lowest BCUT2D eigenvalue weighted by atomic mass is 10.2. The number of hydrogen-bond acceptors (Lipinski definition) is 4. The Balaban J connectivity index is 2.11. The van der Waals surface area contributed by atoms with Crippen LogP contribution >= 0.6 is 27.5 Å². The van der Waals surface area contributed by atoms with Crippen LogP contribution in [0, 0.1) is 6.92 Å². The Morgan fingerprint density at radius 1 is 1.44 bits per heavy atom. The Morgan fingerprint density at radius 3 is 2.72 bits per heavy atom. The summed E-state index contributed by atoms with van der Waals surface area (Å²) in [6.45, 7) is 2.28. The summed E-state index contributed by atoms with van der Waals surface area (Å²) in [5.41, 5.74) is 1.89. The van der Waals surface area contributed by atoms with Crippen LogP contribution in [0.25, 0.3) is 0 Å². The minimum atomic E-state index is -0.945. The molecule has 1 aromatic carbocycles. The number of aromatic carboxylic acids is 1. The first-order chi connectivity index (χ1) is 8.58. The lowest BCUT2D eigenvalue weighted by Crippen LogP contribution is -2.04. The van der Waals surface area contributed by atoms with Crippen LogP contribution in [-0.2, 0) is 6.54 Å². The van der Waals surface area contributed by atoms with Gasteiger partial charge in [-0.3, -0.25) is 0 Å². The highest BCUT2D eigenvalue weighted by Gasteiger charge is 2.16. The van der Waals surface area contributed by atoms with Crippen molar-refractivity contribution in [2.24, 2.45) is 0 Å². The van der Waals surface area contributed by atoms with Crippen molar-refractivity contribution in [1.29, 1.82) is 0 Å². The van der Waals surface area contributed by atoms with Crippen LogP contribution in [0.5, 0.6) is 0 Å². The molecule has 0 radical (unpaired) electrons. The second-order valence-electron chi connectivity index (χ2n) is 3.76. The van der Waals surface area contributed by atoms with Crippen molar-refractivity contribution < 1.29 is 9.90 Å². The van der Waals surface area contributed by atoms with Crippen LogP contribution in [0.2, 0.25) is 0 Å². The average molecular weight is 327 g/mol. The minimum absolute atomic E-state index is 0.261. The summed E-state index contributed by atoms with van der Waals surface area (Å²) >= 11 is 4.55. The van der Waals surface area contributed by atoms with E-state index in [-0.39, 0.29) is 5.56 Å². The monoisotopic (exact) mass is 326 g/mol. The lowest BCUT2D eigenvalue weighted by molar-refractivity contribution is 0.0697. The Kier molecular flexibility index (Phi) is 3.98. The second-order valence-corrected chi connectivity index (χ2v) is 5.45. The van der Waals surface area contributed by atoms with E-state index in [1.165, 1.54) is 11.5 Å². The molecule has 0 aliphatic carbocycles. The number of rotatable bonds is 4. The number of aryl methyl sites for hydroxylation is 1. The number of benzene rings is 1. The molecule has 94 valence electrons. The van der Waals surface area contributed by atoms with Gasteiger partial charge in [-0.05, 0) is 36.2 Å². The number of carboxylic acids is 1. The van der Waals surface area contributed by atoms with Crippen LogP contribution in [0.3, 0.4) is 0 Å². The summed E-state index contributed by atoms with van der Waals surface area (Å²) in [6, 6.07) is 7.86. The van der Waals surface area contributed by atoms with E-state index in [9.17, 15) is 4.79 Å². The number of nitrogens with one attached hydrogen (secondary N) is 1. The SMILES string of the molecule is Cc1nsc(NCc2ccc(Br)cc2)c1C(=O)O. The van der Waals surface area contributed by atoms with E-state index in [0.717, 1.165) is 10.0 Å². The van der Waals surface area contributed by atoms with E-state index in [1.54, 1.807) is 6.92 Å². The molecule has 0 aliphatic rings. The molecule has 0 aliphatic heterocycles. The first kappa shape index (κ1) is 13.0. The number of anilines is 1. The molecule has 0 saturated heterocycles. The van der Waals surface area contributed by atoms with Crippen molar-refractivity contribution in [2.75, 3.05) is 5.32 Å². The average Bonchev–Trinajstić information content (AvgIpc) is 2.70. The van der Waals surface area contributed by atoms with Gasteiger partial charge in [0, 0.05) is 11.0 Å². The summed E-state index contributed by atoms with van der Waals surface area (Å²) in [4.78, 5) is 11.1. The van der Waals surface area contributed by atoms with Crippen molar-refractivity contribution in [3.63, 3.8) is 0 Å². The zero-order valence-electron chi connectivity index (χ0n) is 9.61. The molecule has 0 atom stereocenters. The third-order valence-electron chi connectivity index (χ3n) is 2.44. The van der Waals surface area contributed by atoms with Crippen molar-refractivity contribution in [1.82, 2.24) is 4.37 Å².